The second-order valence-corrected chi connectivity index (χ2v) is 3.36. The van der Waals surface area contributed by atoms with Gasteiger partial charge in [-0.25, -0.2) is 8.78 Å². The van der Waals surface area contributed by atoms with E-state index < -0.39 is 6.43 Å². The summed E-state index contributed by atoms with van der Waals surface area (Å²) < 4.78 is 29.2. The topological polar surface area (TPSA) is 9.23 Å². The van der Waals surface area contributed by atoms with Crippen molar-refractivity contribution in [3.05, 3.63) is 30.3 Å². The lowest BCUT2D eigenvalue weighted by Crippen LogP contribution is -2.11. The highest BCUT2D eigenvalue weighted by Crippen LogP contribution is 2.14. The fourth-order valence-electron chi connectivity index (χ4n) is 1.13. The van der Waals surface area contributed by atoms with E-state index in [1.807, 2.05) is 30.3 Å². The minimum atomic E-state index is -2.25. The van der Waals surface area contributed by atoms with E-state index in [4.69, 9.17) is 4.74 Å². The zero-order chi connectivity index (χ0) is 10.4. The molecule has 14 heavy (non-hydrogen) atoms. The molecule has 0 bridgehead atoms. The summed E-state index contributed by atoms with van der Waals surface area (Å²) in [6, 6.07) is 9.22. The van der Waals surface area contributed by atoms with Gasteiger partial charge in [-0.15, -0.1) is 0 Å². The smallest absolute Gasteiger partial charge is 0.239 e. The fraction of sp³-hybridized carbons (Fsp3) is 0.455. The van der Waals surface area contributed by atoms with Gasteiger partial charge in [0.15, 0.2) is 0 Å². The van der Waals surface area contributed by atoms with Crippen molar-refractivity contribution in [3.8, 4) is 5.75 Å². The molecule has 0 N–H and O–H groups in total. The van der Waals surface area contributed by atoms with Gasteiger partial charge in [0, 0.05) is 6.42 Å². The first-order valence-electron chi connectivity index (χ1n) is 4.64. The minimum absolute atomic E-state index is 0.104. The number of ether oxygens (including phenoxy) is 1. The number of hydrogen-bond donors (Lipinski definition) is 0. The average molecular weight is 200 g/mol. The van der Waals surface area contributed by atoms with E-state index in [0.717, 1.165) is 5.75 Å². The lowest BCUT2D eigenvalue weighted by atomic mass is 10.1. The van der Waals surface area contributed by atoms with Gasteiger partial charge < -0.3 is 4.74 Å². The molecule has 1 unspecified atom stereocenters. The minimum Gasteiger partial charge on any atom is -0.493 e. The van der Waals surface area contributed by atoms with Crippen LogP contribution in [0.3, 0.4) is 0 Å². The summed E-state index contributed by atoms with van der Waals surface area (Å²) in [7, 11) is 0. The van der Waals surface area contributed by atoms with Crippen molar-refractivity contribution in [2.24, 2.45) is 5.92 Å². The van der Waals surface area contributed by atoms with Gasteiger partial charge in [0.2, 0.25) is 6.43 Å². The molecule has 0 aliphatic carbocycles. The predicted molar refractivity (Wildman–Crippen MR) is 51.7 cm³/mol. The van der Waals surface area contributed by atoms with Gasteiger partial charge in [0.05, 0.1) is 6.61 Å². The molecule has 0 radical (unpaired) electrons. The third-order valence-corrected chi connectivity index (χ3v) is 1.86. The highest BCUT2D eigenvalue weighted by atomic mass is 19.3. The van der Waals surface area contributed by atoms with Crippen LogP contribution in [0, 0.1) is 5.92 Å². The predicted octanol–water partition coefficient (Wildman–Crippen LogP) is 3.36. The van der Waals surface area contributed by atoms with Crippen LogP contribution in [0.5, 0.6) is 5.75 Å². The lowest BCUT2D eigenvalue weighted by molar-refractivity contribution is 0.103. The van der Waals surface area contributed by atoms with Crippen LogP contribution in [0.15, 0.2) is 30.3 Å². The number of benzene rings is 1. The second-order valence-electron chi connectivity index (χ2n) is 3.36. The molecule has 0 amide bonds. The standard InChI is InChI=1S/C11H14F2O/c1-9(7-11(12)13)8-14-10-5-3-2-4-6-10/h2-6,9,11H,7-8H2,1H3. The van der Waals surface area contributed by atoms with Crippen LogP contribution in [0.2, 0.25) is 0 Å². The molecule has 1 aromatic rings. The molecule has 1 nitrogen and oxygen atoms in total. The van der Waals surface area contributed by atoms with Gasteiger partial charge >= 0.3 is 0 Å². The number of hydrogen-bond acceptors (Lipinski definition) is 1. The summed E-state index contributed by atoms with van der Waals surface area (Å²) in [4.78, 5) is 0. The molecule has 0 aromatic heterocycles. The van der Waals surface area contributed by atoms with Crippen molar-refractivity contribution in [2.45, 2.75) is 19.8 Å². The molecule has 0 aliphatic rings. The van der Waals surface area contributed by atoms with Crippen molar-refractivity contribution in [1.82, 2.24) is 0 Å². The van der Waals surface area contributed by atoms with Crippen LogP contribution in [-0.4, -0.2) is 13.0 Å². The van der Waals surface area contributed by atoms with E-state index in [1.54, 1.807) is 6.92 Å². The molecule has 3 heteroatoms. The summed E-state index contributed by atoms with van der Waals surface area (Å²) in [5.41, 5.74) is 0. The van der Waals surface area contributed by atoms with Gasteiger partial charge in [0.25, 0.3) is 0 Å². The van der Waals surface area contributed by atoms with Crippen LogP contribution >= 0.6 is 0 Å². The summed E-state index contributed by atoms with van der Waals surface area (Å²) in [6.07, 6.45) is -2.35. The molecular weight excluding hydrogens is 186 g/mol. The van der Waals surface area contributed by atoms with Crippen molar-refractivity contribution in [3.63, 3.8) is 0 Å². The molecule has 0 aliphatic heterocycles. The summed E-state index contributed by atoms with van der Waals surface area (Å²) in [5, 5.41) is 0. The highest BCUT2D eigenvalue weighted by Gasteiger charge is 2.10. The molecule has 0 saturated carbocycles. The van der Waals surface area contributed by atoms with Gasteiger partial charge in [-0.05, 0) is 18.1 Å². The SMILES string of the molecule is CC(COc1ccccc1)CC(F)F. The molecule has 0 spiro atoms. The van der Waals surface area contributed by atoms with Gasteiger partial charge in [-0.2, -0.15) is 0 Å². The molecule has 0 saturated heterocycles. The van der Waals surface area contributed by atoms with Crippen LogP contribution < -0.4 is 4.74 Å². The number of halogens is 2. The maximum absolute atomic E-state index is 12.0. The lowest BCUT2D eigenvalue weighted by Gasteiger charge is -2.12. The number of alkyl halides is 2. The summed E-state index contributed by atoms with van der Waals surface area (Å²) in [6.45, 7) is 2.10. The largest absolute Gasteiger partial charge is 0.493 e. The Morgan fingerprint density at radius 3 is 2.43 bits per heavy atom. The average Bonchev–Trinajstić information content (AvgIpc) is 2.15. The molecule has 1 rings (SSSR count). The number of rotatable bonds is 5. The monoisotopic (exact) mass is 200 g/mol. The van der Waals surface area contributed by atoms with Crippen LogP contribution in [-0.2, 0) is 0 Å². The van der Waals surface area contributed by atoms with Crippen molar-refractivity contribution in [1.29, 1.82) is 0 Å². The first-order chi connectivity index (χ1) is 6.68. The highest BCUT2D eigenvalue weighted by molar-refractivity contribution is 5.20. The molecule has 0 heterocycles. The Balaban J connectivity index is 2.27. The van der Waals surface area contributed by atoms with Crippen LogP contribution in [0.4, 0.5) is 8.78 Å². The fourth-order valence-corrected chi connectivity index (χ4v) is 1.13. The van der Waals surface area contributed by atoms with E-state index in [9.17, 15) is 8.78 Å². The Morgan fingerprint density at radius 1 is 1.21 bits per heavy atom. The number of para-hydroxylation sites is 1. The van der Waals surface area contributed by atoms with E-state index in [1.165, 1.54) is 0 Å². The van der Waals surface area contributed by atoms with E-state index in [2.05, 4.69) is 0 Å². The van der Waals surface area contributed by atoms with Crippen molar-refractivity contribution in [2.75, 3.05) is 6.61 Å². The van der Waals surface area contributed by atoms with Crippen LogP contribution in [0.25, 0.3) is 0 Å². The molecule has 0 fully saturated rings. The second kappa shape index (κ2) is 5.58. The summed E-state index contributed by atoms with van der Waals surface area (Å²) in [5.74, 6) is 0.615. The maximum Gasteiger partial charge on any atom is 0.239 e. The maximum atomic E-state index is 12.0. The molecule has 1 aromatic carbocycles. The Labute approximate surface area is 82.7 Å². The first-order valence-corrected chi connectivity index (χ1v) is 4.64. The first kappa shape index (κ1) is 11.0. The molecule has 1 atom stereocenters. The van der Waals surface area contributed by atoms with Gasteiger partial charge in [0.1, 0.15) is 5.75 Å². The van der Waals surface area contributed by atoms with Gasteiger partial charge in [-0.3, -0.25) is 0 Å². The Hall–Kier alpha value is -1.12. The van der Waals surface area contributed by atoms with E-state index in [0.29, 0.717) is 6.61 Å². The van der Waals surface area contributed by atoms with Crippen molar-refractivity contribution < 1.29 is 13.5 Å². The van der Waals surface area contributed by atoms with Crippen molar-refractivity contribution >= 4 is 0 Å². The third kappa shape index (κ3) is 4.21. The van der Waals surface area contributed by atoms with E-state index in [-0.39, 0.29) is 12.3 Å². The normalized spacial score (nSPS) is 12.9. The zero-order valence-electron chi connectivity index (χ0n) is 8.12. The summed E-state index contributed by atoms with van der Waals surface area (Å²) >= 11 is 0. The van der Waals surface area contributed by atoms with Gasteiger partial charge in [-0.1, -0.05) is 25.1 Å². The van der Waals surface area contributed by atoms with Crippen LogP contribution in [0.1, 0.15) is 13.3 Å². The van der Waals surface area contributed by atoms with E-state index >= 15 is 0 Å². The molecular formula is C11H14F2O. The Bertz CT molecular complexity index is 249. The Kier molecular flexibility index (Phi) is 4.36. The molecule has 78 valence electrons. The quantitative estimate of drug-likeness (QED) is 0.708. The Morgan fingerprint density at radius 2 is 1.86 bits per heavy atom. The zero-order valence-corrected chi connectivity index (χ0v) is 8.12. The third-order valence-electron chi connectivity index (χ3n) is 1.86.